The Bertz CT molecular complexity index is 565. The molecule has 3 rings (SSSR count). The predicted molar refractivity (Wildman–Crippen MR) is 85.1 cm³/mol. The van der Waals surface area contributed by atoms with E-state index in [1.807, 2.05) is 24.5 Å². The van der Waals surface area contributed by atoms with Crippen molar-refractivity contribution >= 4 is 17.6 Å². The second-order valence-electron chi connectivity index (χ2n) is 5.12. The summed E-state index contributed by atoms with van der Waals surface area (Å²) in [7, 11) is 0. The molecular weight excluding hydrogens is 266 g/mol. The minimum atomic E-state index is 0.572. The lowest BCUT2D eigenvalue weighted by Gasteiger charge is -2.14. The Labute approximate surface area is 124 Å². The average molecular weight is 285 g/mol. The molecule has 4 heteroatoms. The number of nitrogens with zero attached hydrogens (tertiary/aromatic N) is 2. The third-order valence-electron chi connectivity index (χ3n) is 3.66. The second kappa shape index (κ2) is 6.27. The van der Waals surface area contributed by atoms with E-state index in [9.17, 15) is 0 Å². The van der Waals surface area contributed by atoms with Crippen LogP contribution in [0.5, 0.6) is 0 Å². The molecule has 0 amide bonds. The van der Waals surface area contributed by atoms with E-state index in [-0.39, 0.29) is 0 Å². The zero-order chi connectivity index (χ0) is 13.8. The maximum Gasteiger partial charge on any atom is 0.189 e. The lowest BCUT2D eigenvalue weighted by Crippen LogP contribution is -2.16. The molecule has 0 aliphatic heterocycles. The zero-order valence-corrected chi connectivity index (χ0v) is 12.5. The van der Waals surface area contributed by atoms with E-state index in [0.29, 0.717) is 6.04 Å². The van der Waals surface area contributed by atoms with Crippen molar-refractivity contribution in [3.63, 3.8) is 0 Å². The molecule has 1 aliphatic rings. The van der Waals surface area contributed by atoms with Gasteiger partial charge >= 0.3 is 0 Å². The smallest absolute Gasteiger partial charge is 0.189 e. The molecule has 1 saturated carbocycles. The van der Waals surface area contributed by atoms with E-state index in [4.69, 9.17) is 0 Å². The van der Waals surface area contributed by atoms with Crippen molar-refractivity contribution in [2.45, 2.75) is 36.9 Å². The van der Waals surface area contributed by atoms with Crippen LogP contribution in [0, 0.1) is 0 Å². The molecule has 2 aromatic rings. The molecule has 1 fully saturated rings. The average Bonchev–Trinajstić information content (AvgIpc) is 3.00. The number of nitrogens with one attached hydrogen (secondary N) is 1. The Hall–Kier alpha value is -1.55. The zero-order valence-electron chi connectivity index (χ0n) is 11.7. The first-order chi connectivity index (χ1) is 9.85. The summed E-state index contributed by atoms with van der Waals surface area (Å²) in [6, 6.07) is 12.9. The van der Waals surface area contributed by atoms with Crippen molar-refractivity contribution in [3.8, 4) is 11.3 Å². The van der Waals surface area contributed by atoms with E-state index in [1.54, 1.807) is 11.8 Å². The van der Waals surface area contributed by atoms with Crippen molar-refractivity contribution < 1.29 is 0 Å². The second-order valence-corrected chi connectivity index (χ2v) is 5.89. The molecular formula is C16H19N3S. The van der Waals surface area contributed by atoms with Crippen molar-refractivity contribution in [2.24, 2.45) is 0 Å². The van der Waals surface area contributed by atoms with Crippen LogP contribution in [0.4, 0.5) is 5.82 Å². The van der Waals surface area contributed by atoms with Crippen LogP contribution in [0.25, 0.3) is 11.3 Å². The maximum atomic E-state index is 4.61. The molecule has 0 bridgehead atoms. The molecule has 0 spiro atoms. The number of hydrogen-bond donors (Lipinski definition) is 1. The van der Waals surface area contributed by atoms with E-state index in [2.05, 4.69) is 33.5 Å². The minimum Gasteiger partial charge on any atom is -0.367 e. The monoisotopic (exact) mass is 285 g/mol. The minimum absolute atomic E-state index is 0.572. The Morgan fingerprint density at radius 3 is 2.55 bits per heavy atom. The van der Waals surface area contributed by atoms with E-state index in [0.717, 1.165) is 22.2 Å². The van der Waals surface area contributed by atoms with Gasteiger partial charge in [0.05, 0.1) is 5.69 Å². The highest BCUT2D eigenvalue weighted by Crippen LogP contribution is 2.26. The summed E-state index contributed by atoms with van der Waals surface area (Å²) in [6.45, 7) is 0. The number of benzene rings is 1. The molecule has 1 N–H and O–H groups in total. The van der Waals surface area contributed by atoms with Gasteiger partial charge in [-0.25, -0.2) is 9.97 Å². The van der Waals surface area contributed by atoms with E-state index < -0.39 is 0 Å². The number of rotatable bonds is 4. The molecule has 0 saturated heterocycles. The lowest BCUT2D eigenvalue weighted by atomic mass is 10.1. The molecule has 1 aromatic heterocycles. The van der Waals surface area contributed by atoms with Crippen molar-refractivity contribution in [1.82, 2.24) is 9.97 Å². The van der Waals surface area contributed by atoms with Crippen LogP contribution >= 0.6 is 11.8 Å². The van der Waals surface area contributed by atoms with Crippen LogP contribution in [-0.4, -0.2) is 22.3 Å². The highest BCUT2D eigenvalue weighted by molar-refractivity contribution is 7.98. The van der Waals surface area contributed by atoms with Crippen LogP contribution < -0.4 is 5.32 Å². The fraction of sp³-hybridized carbons (Fsp3) is 0.375. The summed E-state index contributed by atoms with van der Waals surface area (Å²) < 4.78 is 0. The molecule has 0 radical (unpaired) electrons. The third-order valence-corrected chi connectivity index (χ3v) is 4.21. The van der Waals surface area contributed by atoms with Gasteiger partial charge in [-0.3, -0.25) is 0 Å². The first kappa shape index (κ1) is 13.4. The molecule has 3 nitrogen and oxygen atoms in total. The van der Waals surface area contributed by atoms with Gasteiger partial charge < -0.3 is 5.32 Å². The summed E-state index contributed by atoms with van der Waals surface area (Å²) in [5.74, 6) is 0.954. The molecule has 0 atom stereocenters. The number of aromatic nitrogens is 2. The van der Waals surface area contributed by atoms with Gasteiger partial charge in [0.2, 0.25) is 0 Å². The van der Waals surface area contributed by atoms with Crippen molar-refractivity contribution in [3.05, 3.63) is 36.4 Å². The number of anilines is 1. The van der Waals surface area contributed by atoms with Crippen LogP contribution in [-0.2, 0) is 0 Å². The van der Waals surface area contributed by atoms with Gasteiger partial charge in [0.15, 0.2) is 5.16 Å². The van der Waals surface area contributed by atoms with Gasteiger partial charge in [0.25, 0.3) is 0 Å². The van der Waals surface area contributed by atoms with Crippen molar-refractivity contribution in [1.29, 1.82) is 0 Å². The standard InChI is InChI=1S/C16H19N3S/c1-20-16-18-14(12-7-3-2-4-8-12)11-15(19-16)17-13-9-5-6-10-13/h2-4,7-8,11,13H,5-6,9-10H2,1H3,(H,17,18,19). The highest BCUT2D eigenvalue weighted by atomic mass is 32.2. The van der Waals surface area contributed by atoms with Crippen molar-refractivity contribution in [2.75, 3.05) is 11.6 Å². The van der Waals surface area contributed by atoms with Crippen LogP contribution in [0.1, 0.15) is 25.7 Å². The molecule has 104 valence electrons. The van der Waals surface area contributed by atoms with Crippen LogP contribution in [0.15, 0.2) is 41.6 Å². The number of thioether (sulfide) groups is 1. The maximum absolute atomic E-state index is 4.61. The Balaban J connectivity index is 1.90. The van der Waals surface area contributed by atoms with Gasteiger partial charge in [0.1, 0.15) is 5.82 Å². The summed E-state index contributed by atoms with van der Waals surface area (Å²) in [5.41, 5.74) is 2.13. The summed E-state index contributed by atoms with van der Waals surface area (Å²) in [4.78, 5) is 9.19. The van der Waals surface area contributed by atoms with Crippen LogP contribution in [0.2, 0.25) is 0 Å². The summed E-state index contributed by atoms with van der Waals surface area (Å²) in [6.07, 6.45) is 7.16. The first-order valence-electron chi connectivity index (χ1n) is 7.10. The topological polar surface area (TPSA) is 37.8 Å². The predicted octanol–water partition coefficient (Wildman–Crippen LogP) is 4.22. The van der Waals surface area contributed by atoms with Crippen LogP contribution in [0.3, 0.4) is 0 Å². The fourth-order valence-corrected chi connectivity index (χ4v) is 3.01. The van der Waals surface area contributed by atoms with Gasteiger partial charge in [-0.05, 0) is 19.1 Å². The van der Waals surface area contributed by atoms with Gasteiger partial charge in [0, 0.05) is 17.7 Å². The Morgan fingerprint density at radius 1 is 1.10 bits per heavy atom. The molecule has 0 unspecified atom stereocenters. The quantitative estimate of drug-likeness (QED) is 0.674. The number of hydrogen-bond acceptors (Lipinski definition) is 4. The highest BCUT2D eigenvalue weighted by Gasteiger charge is 2.16. The van der Waals surface area contributed by atoms with E-state index in [1.165, 1.54) is 25.7 Å². The van der Waals surface area contributed by atoms with E-state index >= 15 is 0 Å². The van der Waals surface area contributed by atoms with Gasteiger partial charge in [-0.2, -0.15) is 0 Å². The Kier molecular flexibility index (Phi) is 4.21. The largest absolute Gasteiger partial charge is 0.367 e. The summed E-state index contributed by atoms with van der Waals surface area (Å²) >= 11 is 1.59. The molecule has 20 heavy (non-hydrogen) atoms. The lowest BCUT2D eigenvalue weighted by molar-refractivity contribution is 0.746. The van der Waals surface area contributed by atoms with Gasteiger partial charge in [-0.15, -0.1) is 0 Å². The summed E-state index contributed by atoms with van der Waals surface area (Å²) in [5, 5.41) is 4.39. The normalized spacial score (nSPS) is 15.4. The molecule has 1 aromatic carbocycles. The Morgan fingerprint density at radius 2 is 1.85 bits per heavy atom. The molecule has 1 aliphatic carbocycles. The first-order valence-corrected chi connectivity index (χ1v) is 8.32. The molecule has 1 heterocycles. The SMILES string of the molecule is CSc1nc(NC2CCCC2)cc(-c2ccccc2)n1. The fourth-order valence-electron chi connectivity index (χ4n) is 2.63. The van der Waals surface area contributed by atoms with Gasteiger partial charge in [-0.1, -0.05) is 54.9 Å². The third kappa shape index (κ3) is 3.12.